The van der Waals surface area contributed by atoms with Crippen LogP contribution in [0.2, 0.25) is 0 Å². The molecule has 1 rings (SSSR count). The molecule has 1 aliphatic carbocycles. The molecule has 0 saturated heterocycles. The molecule has 0 aromatic heterocycles. The lowest BCUT2D eigenvalue weighted by molar-refractivity contribution is -0.138. The molecule has 0 bridgehead atoms. The molecule has 0 aromatic carbocycles. The van der Waals surface area contributed by atoms with E-state index in [9.17, 15) is 4.79 Å². The van der Waals surface area contributed by atoms with Crippen LogP contribution in [0.5, 0.6) is 0 Å². The Bertz CT molecular complexity index is 80.5. The Labute approximate surface area is 48.0 Å². The minimum absolute atomic E-state index is 0.415. The molecule has 1 saturated carbocycles. The average Bonchev–Trinajstić information content (AvgIpc) is 1.63. The Morgan fingerprint density at radius 1 is 1.62 bits per heavy atom. The summed E-state index contributed by atoms with van der Waals surface area (Å²) in [7, 11) is 0. The quantitative estimate of drug-likeness (QED) is 0.422. The predicted octanol–water partition coefficient (Wildman–Crippen LogP) is 0.216. The Balaban J connectivity index is 1.93. The van der Waals surface area contributed by atoms with Gasteiger partial charge in [-0.1, -0.05) is 6.42 Å². The largest absolute Gasteiger partial charge is 0.373 e. The van der Waals surface area contributed by atoms with Gasteiger partial charge in [0.15, 0.2) is 0 Å². The monoisotopic (exact) mass is 115 g/mol. The standard InChI is InChI=1S/C5H9NO2/c7-4-8-6-5-2-1-3-5/h4-6H,1-3H2. The molecule has 0 aliphatic heterocycles. The van der Waals surface area contributed by atoms with Gasteiger partial charge in [0.25, 0.3) is 0 Å². The van der Waals surface area contributed by atoms with Crippen molar-refractivity contribution in [2.24, 2.45) is 0 Å². The van der Waals surface area contributed by atoms with Crippen LogP contribution < -0.4 is 5.48 Å². The van der Waals surface area contributed by atoms with Crippen LogP contribution in [0.25, 0.3) is 0 Å². The summed E-state index contributed by atoms with van der Waals surface area (Å²) in [4.78, 5) is 13.9. The minimum atomic E-state index is 0.415. The van der Waals surface area contributed by atoms with Gasteiger partial charge in [0.05, 0.1) is 0 Å². The van der Waals surface area contributed by atoms with Gasteiger partial charge in [0, 0.05) is 6.04 Å². The van der Waals surface area contributed by atoms with E-state index in [1.165, 1.54) is 6.42 Å². The number of hydrogen-bond acceptors (Lipinski definition) is 3. The Morgan fingerprint density at radius 3 is 2.75 bits per heavy atom. The lowest BCUT2D eigenvalue weighted by Gasteiger charge is -2.23. The number of hydrogen-bond donors (Lipinski definition) is 1. The van der Waals surface area contributed by atoms with Crippen molar-refractivity contribution in [3.8, 4) is 0 Å². The molecule has 0 amide bonds. The van der Waals surface area contributed by atoms with Gasteiger partial charge >= 0.3 is 6.47 Å². The predicted molar refractivity (Wildman–Crippen MR) is 27.9 cm³/mol. The van der Waals surface area contributed by atoms with Crippen molar-refractivity contribution in [1.29, 1.82) is 0 Å². The molecule has 8 heavy (non-hydrogen) atoms. The summed E-state index contributed by atoms with van der Waals surface area (Å²) in [5, 5.41) is 0. The van der Waals surface area contributed by atoms with Gasteiger partial charge in [-0.15, -0.1) is 0 Å². The maximum absolute atomic E-state index is 9.56. The SMILES string of the molecule is O=CONC1CCC1. The normalized spacial score (nSPS) is 19.5. The van der Waals surface area contributed by atoms with Crippen LogP contribution in [-0.4, -0.2) is 12.5 Å². The Kier molecular flexibility index (Phi) is 1.86. The van der Waals surface area contributed by atoms with Crippen LogP contribution in [-0.2, 0) is 9.63 Å². The third-order valence-electron chi connectivity index (χ3n) is 1.39. The highest BCUT2D eigenvalue weighted by Crippen LogP contribution is 2.17. The fraction of sp³-hybridized carbons (Fsp3) is 0.800. The maximum atomic E-state index is 9.56. The first-order valence-electron chi connectivity index (χ1n) is 2.78. The van der Waals surface area contributed by atoms with E-state index in [1.807, 2.05) is 0 Å². The Hall–Kier alpha value is -0.570. The van der Waals surface area contributed by atoms with Crippen molar-refractivity contribution in [3.05, 3.63) is 0 Å². The number of carbonyl (C=O) groups excluding carboxylic acids is 1. The molecule has 0 atom stereocenters. The smallest absolute Gasteiger partial charge is 0.312 e. The van der Waals surface area contributed by atoms with Gasteiger partial charge < -0.3 is 4.84 Å². The van der Waals surface area contributed by atoms with E-state index >= 15 is 0 Å². The maximum Gasteiger partial charge on any atom is 0.312 e. The first-order valence-corrected chi connectivity index (χ1v) is 2.78. The van der Waals surface area contributed by atoms with Crippen molar-refractivity contribution >= 4 is 6.47 Å². The molecule has 0 spiro atoms. The fourth-order valence-electron chi connectivity index (χ4n) is 0.650. The molecule has 1 fully saturated rings. The molecular weight excluding hydrogens is 106 g/mol. The first kappa shape index (κ1) is 5.56. The number of hydroxylamine groups is 1. The summed E-state index contributed by atoms with van der Waals surface area (Å²) in [5.41, 5.74) is 2.60. The molecule has 0 aromatic rings. The summed E-state index contributed by atoms with van der Waals surface area (Å²) in [6.07, 6.45) is 3.52. The van der Waals surface area contributed by atoms with Crippen molar-refractivity contribution in [2.75, 3.05) is 0 Å². The molecule has 46 valence electrons. The van der Waals surface area contributed by atoms with Gasteiger partial charge in [-0.05, 0) is 12.8 Å². The van der Waals surface area contributed by atoms with Crippen molar-refractivity contribution in [1.82, 2.24) is 5.48 Å². The molecule has 0 heterocycles. The summed E-state index contributed by atoms with van der Waals surface area (Å²) >= 11 is 0. The molecule has 1 aliphatic rings. The third-order valence-corrected chi connectivity index (χ3v) is 1.39. The molecular formula is C5H9NO2. The van der Waals surface area contributed by atoms with Crippen molar-refractivity contribution < 1.29 is 9.63 Å². The summed E-state index contributed by atoms with van der Waals surface area (Å²) in [6, 6.07) is 0.431. The second kappa shape index (κ2) is 2.67. The molecule has 0 unspecified atom stereocenters. The van der Waals surface area contributed by atoms with E-state index in [1.54, 1.807) is 0 Å². The van der Waals surface area contributed by atoms with E-state index in [4.69, 9.17) is 0 Å². The number of rotatable bonds is 3. The van der Waals surface area contributed by atoms with E-state index in [2.05, 4.69) is 10.3 Å². The van der Waals surface area contributed by atoms with Crippen molar-refractivity contribution in [2.45, 2.75) is 25.3 Å². The second-order valence-corrected chi connectivity index (χ2v) is 1.96. The van der Waals surface area contributed by atoms with Gasteiger partial charge in [-0.25, -0.2) is 0 Å². The van der Waals surface area contributed by atoms with Crippen LogP contribution in [0.4, 0.5) is 0 Å². The van der Waals surface area contributed by atoms with Crippen LogP contribution in [0, 0.1) is 0 Å². The van der Waals surface area contributed by atoms with E-state index in [0.29, 0.717) is 12.5 Å². The zero-order valence-corrected chi connectivity index (χ0v) is 4.59. The average molecular weight is 115 g/mol. The van der Waals surface area contributed by atoms with Gasteiger partial charge in [-0.2, -0.15) is 5.48 Å². The highest BCUT2D eigenvalue weighted by atomic mass is 16.7. The Morgan fingerprint density at radius 2 is 2.38 bits per heavy atom. The van der Waals surface area contributed by atoms with Crippen LogP contribution in [0.1, 0.15) is 19.3 Å². The molecule has 0 radical (unpaired) electrons. The molecule has 3 nitrogen and oxygen atoms in total. The second-order valence-electron chi connectivity index (χ2n) is 1.96. The van der Waals surface area contributed by atoms with E-state index in [-0.39, 0.29) is 0 Å². The lowest BCUT2D eigenvalue weighted by Crippen LogP contribution is -2.34. The van der Waals surface area contributed by atoms with Crippen LogP contribution in [0.3, 0.4) is 0 Å². The van der Waals surface area contributed by atoms with Crippen LogP contribution >= 0.6 is 0 Å². The van der Waals surface area contributed by atoms with Gasteiger partial charge in [0.2, 0.25) is 0 Å². The van der Waals surface area contributed by atoms with Crippen LogP contribution in [0.15, 0.2) is 0 Å². The van der Waals surface area contributed by atoms with E-state index in [0.717, 1.165) is 12.8 Å². The van der Waals surface area contributed by atoms with Gasteiger partial charge in [-0.3, -0.25) is 4.79 Å². The summed E-state index contributed by atoms with van der Waals surface area (Å²) < 4.78 is 0. The topological polar surface area (TPSA) is 38.3 Å². The fourth-order valence-corrected chi connectivity index (χ4v) is 0.650. The van der Waals surface area contributed by atoms with E-state index < -0.39 is 0 Å². The van der Waals surface area contributed by atoms with Crippen molar-refractivity contribution in [3.63, 3.8) is 0 Å². The molecule has 1 N–H and O–H groups in total. The third kappa shape index (κ3) is 1.20. The molecule has 3 heteroatoms. The summed E-state index contributed by atoms with van der Waals surface area (Å²) in [5.74, 6) is 0. The minimum Gasteiger partial charge on any atom is -0.373 e. The first-order chi connectivity index (χ1) is 3.93. The number of nitrogens with one attached hydrogen (secondary N) is 1. The zero-order valence-electron chi connectivity index (χ0n) is 4.59. The highest BCUT2D eigenvalue weighted by molar-refractivity contribution is 5.36. The number of carbonyl (C=O) groups is 1. The zero-order chi connectivity index (χ0) is 5.82. The lowest BCUT2D eigenvalue weighted by atomic mass is 9.94. The van der Waals surface area contributed by atoms with Gasteiger partial charge in [0.1, 0.15) is 0 Å². The summed E-state index contributed by atoms with van der Waals surface area (Å²) in [6.45, 7) is 0.415. The highest BCUT2D eigenvalue weighted by Gasteiger charge is 2.16.